The molecule has 4 fully saturated rings. The Kier molecular flexibility index (Phi) is 12.0. The lowest BCUT2D eigenvalue weighted by Crippen LogP contribution is -2.63. The van der Waals surface area contributed by atoms with Gasteiger partial charge in [0, 0.05) is 5.75 Å². The Hall–Kier alpha value is -3.13. The molecule has 0 N–H and O–H groups in total. The van der Waals surface area contributed by atoms with Crippen LogP contribution < -0.4 is 0 Å². The monoisotopic (exact) mass is 876 g/mol. The van der Waals surface area contributed by atoms with Crippen LogP contribution in [0.15, 0.2) is 91.0 Å². The molecule has 15 heteroatoms. The largest absolute Gasteiger partial charge is 0.452 e. The van der Waals surface area contributed by atoms with Gasteiger partial charge in [-0.25, -0.2) is 14.4 Å². The minimum absolute atomic E-state index is 0.143. The average Bonchev–Trinajstić information content (AvgIpc) is 3.67. The molecule has 288 valence electrons. The zero-order chi connectivity index (χ0) is 38.0. The van der Waals surface area contributed by atoms with Gasteiger partial charge in [-0.15, -0.1) is 0 Å². The van der Waals surface area contributed by atoms with Gasteiger partial charge in [0.1, 0.15) is 30.5 Å². The zero-order valence-corrected chi connectivity index (χ0v) is 32.9. The van der Waals surface area contributed by atoms with E-state index < -0.39 is 90.9 Å². The molecule has 0 aliphatic carbocycles. The summed E-state index contributed by atoms with van der Waals surface area (Å²) in [5.41, 5.74) is 0.742. The number of fused-ring (bicyclic) bond motifs is 3. The number of carbonyl (C=O) groups is 3. The molecule has 0 bridgehead atoms. The van der Waals surface area contributed by atoms with Gasteiger partial charge in [0.2, 0.25) is 0 Å². The van der Waals surface area contributed by atoms with Crippen molar-refractivity contribution in [1.29, 1.82) is 0 Å². The van der Waals surface area contributed by atoms with Crippen molar-refractivity contribution >= 4 is 48.0 Å². The first-order valence-electron chi connectivity index (χ1n) is 17.6. The topological polar surface area (TPSA) is 144 Å². The summed E-state index contributed by atoms with van der Waals surface area (Å²) >= 11 is 2.11. The van der Waals surface area contributed by atoms with Crippen molar-refractivity contribution in [3.63, 3.8) is 0 Å². The highest BCUT2D eigenvalue weighted by Gasteiger charge is 2.61. The fourth-order valence-electron chi connectivity index (χ4n) is 6.93. The molecule has 4 saturated heterocycles. The molecule has 10 atom stereocenters. The quantitative estimate of drug-likeness (QED) is 0.128. The highest BCUT2D eigenvalue weighted by molar-refractivity contribution is 14.2. The first-order valence-corrected chi connectivity index (χ1v) is 21.1. The van der Waals surface area contributed by atoms with Crippen molar-refractivity contribution in [2.24, 2.45) is 0 Å². The predicted octanol–water partition coefficient (Wildman–Crippen LogP) is 5.88. The fourth-order valence-corrected chi connectivity index (χ4v) is 8.38. The van der Waals surface area contributed by atoms with E-state index in [9.17, 15) is 14.4 Å². The van der Waals surface area contributed by atoms with E-state index in [1.54, 1.807) is 119 Å². The first kappa shape index (κ1) is 39.1. The molecule has 54 heavy (non-hydrogen) atoms. The van der Waals surface area contributed by atoms with Crippen molar-refractivity contribution in [3.05, 3.63) is 108 Å². The van der Waals surface area contributed by atoms with E-state index in [2.05, 4.69) is 21.2 Å². The summed E-state index contributed by atoms with van der Waals surface area (Å²) in [7, 11) is 1.39. The third kappa shape index (κ3) is 8.79. The maximum absolute atomic E-state index is 13.8. The second-order valence-electron chi connectivity index (χ2n) is 14.1. The molecule has 7 rings (SSSR count). The first-order chi connectivity index (χ1) is 25.9. The summed E-state index contributed by atoms with van der Waals surface area (Å²) in [5, 5.41) is 0. The molecule has 4 aliphatic heterocycles. The lowest BCUT2D eigenvalue weighted by molar-refractivity contribution is -0.307. The average molecular weight is 877 g/mol. The van der Waals surface area contributed by atoms with Gasteiger partial charge in [-0.05, 0) is 85.3 Å². The van der Waals surface area contributed by atoms with E-state index in [4.69, 9.17) is 47.4 Å². The van der Waals surface area contributed by atoms with Crippen LogP contribution in [-0.2, 0) is 47.4 Å². The lowest BCUT2D eigenvalue weighted by Gasteiger charge is -2.45. The molecule has 3 aromatic carbocycles. The van der Waals surface area contributed by atoms with Crippen LogP contribution in [0.25, 0.3) is 0 Å². The van der Waals surface area contributed by atoms with Crippen molar-refractivity contribution in [1.82, 2.24) is 0 Å². The van der Waals surface area contributed by atoms with Crippen molar-refractivity contribution in [3.8, 4) is 0 Å². The van der Waals surface area contributed by atoms with Crippen LogP contribution in [-0.4, -0.2) is 103 Å². The number of hydrogen-bond acceptors (Lipinski definition) is 14. The van der Waals surface area contributed by atoms with Crippen LogP contribution in [0.3, 0.4) is 0 Å². The minimum Gasteiger partial charge on any atom is -0.452 e. The number of ether oxygens (including phenoxy) is 10. The van der Waals surface area contributed by atoms with Gasteiger partial charge < -0.3 is 47.4 Å². The van der Waals surface area contributed by atoms with Crippen LogP contribution >= 0.6 is 30.1 Å². The molecule has 4 aliphatic rings. The Morgan fingerprint density at radius 1 is 0.593 bits per heavy atom. The molecule has 0 unspecified atom stereocenters. The lowest BCUT2D eigenvalue weighted by atomic mass is 9.97. The van der Waals surface area contributed by atoms with Crippen LogP contribution in [0.4, 0.5) is 0 Å². The van der Waals surface area contributed by atoms with Crippen molar-refractivity contribution in [2.75, 3.05) is 12.4 Å². The minimum atomic E-state index is -1.43. The second kappa shape index (κ2) is 16.5. The molecule has 0 saturated carbocycles. The highest BCUT2D eigenvalue weighted by Crippen LogP contribution is 2.44. The second-order valence-corrected chi connectivity index (χ2v) is 16.5. The van der Waals surface area contributed by atoms with Gasteiger partial charge in [0.25, 0.3) is 0 Å². The zero-order valence-electron chi connectivity index (χ0n) is 29.9. The Morgan fingerprint density at radius 3 is 1.59 bits per heavy atom. The van der Waals surface area contributed by atoms with Crippen molar-refractivity contribution in [2.45, 2.75) is 101 Å². The number of hydrogen-bond donors (Lipinski definition) is 0. The Morgan fingerprint density at radius 2 is 1.06 bits per heavy atom. The van der Waals surface area contributed by atoms with Crippen LogP contribution in [0.1, 0.15) is 58.8 Å². The van der Waals surface area contributed by atoms with E-state index >= 15 is 0 Å². The number of rotatable bonds is 11. The molecule has 4 heterocycles. The van der Waals surface area contributed by atoms with E-state index in [-0.39, 0.29) is 29.1 Å². The normalized spacial score (nSPS) is 32.2. The number of carbonyl (C=O) groups excluding carboxylic acids is 3. The van der Waals surface area contributed by atoms with Crippen LogP contribution in [0.2, 0.25) is 0 Å². The SMILES string of the molecule is CC1(C)O[C@H]2[C@@H](O1)[C@@H](CO[C@@H]1O[C@H](CSI)[C@@H](OC(=O)c3ccccc3)[C@H](OC(=O)c3ccccc3)[C@H]1OC(=O)c1ccccc1)O[C@@H]1OC(C)(C)O[C@@H]12. The van der Waals surface area contributed by atoms with E-state index in [0.29, 0.717) is 0 Å². The predicted molar refractivity (Wildman–Crippen MR) is 201 cm³/mol. The van der Waals surface area contributed by atoms with Gasteiger partial charge in [0.05, 0.1) is 23.3 Å². The van der Waals surface area contributed by atoms with Gasteiger partial charge in [-0.3, -0.25) is 0 Å². The van der Waals surface area contributed by atoms with Crippen LogP contribution in [0, 0.1) is 0 Å². The van der Waals surface area contributed by atoms with E-state index in [1.807, 2.05) is 0 Å². The Bertz CT molecular complexity index is 1760. The Labute approximate surface area is 329 Å². The number of halogens is 1. The van der Waals surface area contributed by atoms with E-state index in [0.717, 1.165) is 0 Å². The maximum Gasteiger partial charge on any atom is 0.338 e. The molecular formula is C39H41IO13S. The third-order valence-electron chi connectivity index (χ3n) is 9.25. The molecule has 0 aromatic heterocycles. The number of esters is 3. The summed E-state index contributed by atoms with van der Waals surface area (Å²) in [6, 6.07) is 25.1. The van der Waals surface area contributed by atoms with Gasteiger partial charge in [-0.1, -0.05) is 63.5 Å². The maximum atomic E-state index is 13.8. The standard InChI is InChI=1S/C39H41IO13S/c1-38(2)50-28-25(45-37-32(30(28)51-38)52-39(3,4)53-37)20-44-36-31(49-35(43)24-18-12-7-13-19-24)29(48-34(42)23-16-10-6-11-17-23)27(26(46-36)21-54-40)47-33(41)22-14-8-5-9-15-22/h5-19,25-32,36-37H,20-21H2,1-4H3/t25-,26-,27-,28+,29+,30+,31-,32-,36-,37-/m1/s1. The highest BCUT2D eigenvalue weighted by atomic mass is 127. The third-order valence-corrected chi connectivity index (χ3v) is 10.8. The smallest absolute Gasteiger partial charge is 0.338 e. The molecular weight excluding hydrogens is 835 g/mol. The number of benzene rings is 3. The Balaban J connectivity index is 1.22. The summed E-state index contributed by atoms with van der Waals surface area (Å²) < 4.78 is 62.6. The molecule has 0 spiro atoms. The van der Waals surface area contributed by atoms with E-state index in [1.165, 1.54) is 8.93 Å². The molecule has 0 amide bonds. The van der Waals surface area contributed by atoms with Crippen LogP contribution in [0.5, 0.6) is 0 Å². The van der Waals surface area contributed by atoms with Crippen molar-refractivity contribution < 1.29 is 61.8 Å². The summed E-state index contributed by atoms with van der Waals surface area (Å²) in [6.45, 7) is 7.05. The van der Waals surface area contributed by atoms with Gasteiger partial charge in [-0.2, -0.15) is 0 Å². The molecule has 13 nitrogen and oxygen atoms in total. The fraction of sp³-hybridized carbons (Fsp3) is 0.462. The molecule has 3 aromatic rings. The van der Waals surface area contributed by atoms with Gasteiger partial charge >= 0.3 is 17.9 Å². The van der Waals surface area contributed by atoms with Gasteiger partial charge in [0.15, 0.2) is 42.5 Å². The summed E-state index contributed by atoms with van der Waals surface area (Å²) in [5.74, 6) is -3.75. The molecule has 0 radical (unpaired) electrons. The summed E-state index contributed by atoms with van der Waals surface area (Å²) in [4.78, 5) is 41.1. The summed E-state index contributed by atoms with van der Waals surface area (Å²) in [6.07, 6.45) is -9.51.